The van der Waals surface area contributed by atoms with Crippen LogP contribution in [0.15, 0.2) is 72.8 Å². The minimum Gasteiger partial charge on any atom is -0.497 e. The van der Waals surface area contributed by atoms with Crippen molar-refractivity contribution < 1.29 is 33.4 Å². The number of halogens is 1. The summed E-state index contributed by atoms with van der Waals surface area (Å²) < 4.78 is 18.2. The first-order chi connectivity index (χ1) is 24.8. The molecule has 0 unspecified atom stereocenters. The van der Waals surface area contributed by atoms with Gasteiger partial charge in [0, 0.05) is 28.5 Å². The monoisotopic (exact) mass is 729 g/mol. The molecule has 5 rings (SSSR count). The predicted molar refractivity (Wildman–Crippen MR) is 199 cm³/mol. The van der Waals surface area contributed by atoms with Crippen LogP contribution in [0.3, 0.4) is 0 Å². The summed E-state index contributed by atoms with van der Waals surface area (Å²) in [4.78, 5) is 53.9. The highest BCUT2D eigenvalue weighted by Crippen LogP contribution is 2.38. The number of anilines is 1. The van der Waals surface area contributed by atoms with Crippen molar-refractivity contribution in [3.8, 4) is 22.6 Å². The molecule has 13 heteroatoms. The van der Waals surface area contributed by atoms with E-state index < -0.39 is 29.6 Å². The summed E-state index contributed by atoms with van der Waals surface area (Å²) in [6, 6.07) is 20.8. The lowest BCUT2D eigenvalue weighted by atomic mass is 10.0. The van der Waals surface area contributed by atoms with E-state index >= 15 is 0 Å². The molecule has 52 heavy (non-hydrogen) atoms. The fourth-order valence-corrected chi connectivity index (χ4v) is 6.35. The van der Waals surface area contributed by atoms with Crippen LogP contribution in [0.1, 0.15) is 72.1 Å². The molecule has 274 valence electrons. The van der Waals surface area contributed by atoms with Gasteiger partial charge in [0.05, 0.1) is 32.9 Å². The zero-order valence-corrected chi connectivity index (χ0v) is 30.7. The lowest BCUT2D eigenvalue weighted by molar-refractivity contribution is -0.120. The fraction of sp³-hybridized carbons (Fsp3) is 0.333. The number of amides is 4. The van der Waals surface area contributed by atoms with E-state index in [1.807, 2.05) is 53.1 Å². The number of para-hydroxylation sites is 1. The predicted octanol–water partition coefficient (Wildman–Crippen LogP) is 6.31. The SMILES string of the molecule is COc1cccc(-c2cc(OC)c(C(=O)N3Cc4ccc(C(=O)N[C@@H](CCCCNC(=O)OC(C)(C)C)C(N)=O)n4Cc4ccccc43)cc2Cl)c1. The zero-order valence-electron chi connectivity index (χ0n) is 30.0. The molecule has 4 amide bonds. The van der Waals surface area contributed by atoms with Crippen LogP contribution < -0.4 is 30.7 Å². The third-order valence-electron chi connectivity index (χ3n) is 8.62. The fourth-order valence-electron chi connectivity index (χ4n) is 6.08. The quantitative estimate of drug-likeness (QED) is 0.144. The Morgan fingerprint density at radius 3 is 2.40 bits per heavy atom. The van der Waals surface area contributed by atoms with Crippen molar-refractivity contribution in [2.75, 3.05) is 25.7 Å². The van der Waals surface area contributed by atoms with Crippen molar-refractivity contribution in [2.45, 2.75) is 64.8 Å². The highest BCUT2D eigenvalue weighted by atomic mass is 35.5. The third kappa shape index (κ3) is 8.86. The molecule has 0 aliphatic carbocycles. The van der Waals surface area contributed by atoms with Crippen LogP contribution in [0, 0.1) is 0 Å². The first kappa shape index (κ1) is 37.8. The van der Waals surface area contributed by atoms with Crippen molar-refractivity contribution in [3.05, 3.63) is 100 Å². The number of fused-ring (bicyclic) bond motifs is 2. The lowest BCUT2D eigenvalue weighted by Crippen LogP contribution is -2.45. The average Bonchev–Trinajstić information content (AvgIpc) is 3.42. The highest BCUT2D eigenvalue weighted by Gasteiger charge is 2.30. The molecule has 0 saturated carbocycles. The summed E-state index contributed by atoms with van der Waals surface area (Å²) in [6.07, 6.45) is 0.846. The summed E-state index contributed by atoms with van der Waals surface area (Å²) in [5.74, 6) is -0.453. The first-order valence-electron chi connectivity index (χ1n) is 17.0. The largest absolute Gasteiger partial charge is 0.497 e. The van der Waals surface area contributed by atoms with Crippen LogP contribution >= 0.6 is 11.6 Å². The number of nitrogens with two attached hydrogens (primary N) is 1. The standard InChI is InChI=1S/C39H44ClN5O7/c1-39(2,3)52-38(49)42-18-9-8-14-31(35(41)46)43-36(47)33-17-16-26-23-45(32-15-7-6-11-25(32)22-44(26)33)37(48)29-20-30(40)28(21-34(29)51-5)24-12-10-13-27(19-24)50-4/h6-7,10-13,15-17,19-21,31H,8-9,14,18,22-23H2,1-5H3,(H2,41,46)(H,42,49)(H,43,47)/t31-/m0/s1. The molecular weight excluding hydrogens is 686 g/mol. The van der Waals surface area contributed by atoms with Crippen LogP contribution in [0.5, 0.6) is 11.5 Å². The number of benzene rings is 3. The molecule has 4 N–H and O–H groups in total. The smallest absolute Gasteiger partial charge is 0.407 e. The van der Waals surface area contributed by atoms with E-state index in [9.17, 15) is 19.2 Å². The van der Waals surface area contributed by atoms with Gasteiger partial charge in [0.25, 0.3) is 11.8 Å². The van der Waals surface area contributed by atoms with Gasteiger partial charge in [-0.2, -0.15) is 0 Å². The van der Waals surface area contributed by atoms with Gasteiger partial charge in [0.2, 0.25) is 5.91 Å². The Bertz CT molecular complexity index is 1970. The summed E-state index contributed by atoms with van der Waals surface area (Å²) in [5.41, 5.74) is 9.34. The Kier molecular flexibility index (Phi) is 11.8. The highest BCUT2D eigenvalue weighted by molar-refractivity contribution is 6.34. The van der Waals surface area contributed by atoms with Gasteiger partial charge in [0.15, 0.2) is 0 Å². The second-order valence-electron chi connectivity index (χ2n) is 13.4. The normalized spacial score (nSPS) is 12.8. The molecule has 1 aliphatic heterocycles. The van der Waals surface area contributed by atoms with E-state index in [-0.39, 0.29) is 24.4 Å². The van der Waals surface area contributed by atoms with Crippen LogP contribution in [-0.4, -0.2) is 60.8 Å². The van der Waals surface area contributed by atoms with Gasteiger partial charge in [-0.3, -0.25) is 14.4 Å². The number of rotatable bonds is 12. The second-order valence-corrected chi connectivity index (χ2v) is 13.8. The van der Waals surface area contributed by atoms with E-state index in [1.165, 1.54) is 7.11 Å². The van der Waals surface area contributed by atoms with Gasteiger partial charge < -0.3 is 40.0 Å². The maximum atomic E-state index is 14.4. The molecule has 1 aromatic heterocycles. The van der Waals surface area contributed by atoms with Crippen molar-refractivity contribution in [1.29, 1.82) is 0 Å². The maximum Gasteiger partial charge on any atom is 0.407 e. The van der Waals surface area contributed by atoms with Gasteiger partial charge >= 0.3 is 6.09 Å². The van der Waals surface area contributed by atoms with Gasteiger partial charge in [-0.25, -0.2) is 4.79 Å². The molecule has 1 aliphatic rings. The minimum absolute atomic E-state index is 0.144. The molecule has 4 aromatic rings. The molecule has 0 saturated heterocycles. The summed E-state index contributed by atoms with van der Waals surface area (Å²) in [7, 11) is 3.09. The van der Waals surface area contributed by atoms with Gasteiger partial charge in [-0.1, -0.05) is 41.9 Å². The number of unbranched alkanes of at least 4 members (excludes halogenated alkanes) is 1. The van der Waals surface area contributed by atoms with Gasteiger partial charge in [-0.05, 0) is 93.6 Å². The lowest BCUT2D eigenvalue weighted by Gasteiger charge is -2.24. The van der Waals surface area contributed by atoms with E-state index in [0.717, 1.165) is 11.1 Å². The number of carbonyl (C=O) groups is 4. The van der Waals surface area contributed by atoms with E-state index in [0.29, 0.717) is 65.1 Å². The number of nitrogens with zero attached hydrogens (tertiary/aromatic N) is 2. The van der Waals surface area contributed by atoms with Crippen molar-refractivity contribution >= 4 is 41.1 Å². The number of primary amides is 1. The number of ether oxygens (including phenoxy) is 3. The number of carbonyl (C=O) groups excluding carboxylic acids is 4. The van der Waals surface area contributed by atoms with Crippen molar-refractivity contribution in [3.63, 3.8) is 0 Å². The maximum absolute atomic E-state index is 14.4. The molecule has 0 radical (unpaired) electrons. The Hall–Kier alpha value is -5.49. The summed E-state index contributed by atoms with van der Waals surface area (Å²) in [6.45, 7) is 6.13. The van der Waals surface area contributed by atoms with E-state index in [1.54, 1.807) is 57.0 Å². The second kappa shape index (κ2) is 16.2. The Morgan fingerprint density at radius 1 is 0.923 bits per heavy atom. The number of hydrogen-bond donors (Lipinski definition) is 3. The van der Waals surface area contributed by atoms with Crippen molar-refractivity contribution in [2.24, 2.45) is 5.73 Å². The molecule has 0 fully saturated rings. The molecule has 12 nitrogen and oxygen atoms in total. The number of nitrogens with one attached hydrogen (secondary N) is 2. The Labute approximate surface area is 308 Å². The van der Waals surface area contributed by atoms with E-state index in [2.05, 4.69) is 10.6 Å². The minimum atomic E-state index is -0.923. The van der Waals surface area contributed by atoms with Gasteiger partial charge in [0.1, 0.15) is 28.8 Å². The Balaban J connectivity index is 1.34. The van der Waals surface area contributed by atoms with Crippen LogP contribution in [-0.2, 0) is 22.6 Å². The number of methoxy groups -OCH3 is 2. The topological polar surface area (TPSA) is 154 Å². The van der Waals surface area contributed by atoms with Crippen LogP contribution in [0.25, 0.3) is 11.1 Å². The Morgan fingerprint density at radius 2 is 1.69 bits per heavy atom. The zero-order chi connectivity index (χ0) is 37.6. The third-order valence-corrected chi connectivity index (χ3v) is 8.93. The van der Waals surface area contributed by atoms with Crippen LogP contribution in [0.4, 0.5) is 10.5 Å². The van der Waals surface area contributed by atoms with Gasteiger partial charge in [-0.15, -0.1) is 0 Å². The molecule has 0 bridgehead atoms. The summed E-state index contributed by atoms with van der Waals surface area (Å²) >= 11 is 6.80. The molecule has 0 spiro atoms. The molecule has 2 heterocycles. The van der Waals surface area contributed by atoms with Crippen LogP contribution in [0.2, 0.25) is 5.02 Å². The molecule has 3 aromatic carbocycles. The average molecular weight is 730 g/mol. The van der Waals surface area contributed by atoms with E-state index in [4.69, 9.17) is 31.5 Å². The number of alkyl carbamates (subject to hydrolysis) is 1. The number of hydrogen-bond acceptors (Lipinski definition) is 7. The van der Waals surface area contributed by atoms with Crippen molar-refractivity contribution in [1.82, 2.24) is 15.2 Å². The molecular formula is C39H44ClN5O7. The number of aromatic nitrogens is 1. The first-order valence-corrected chi connectivity index (χ1v) is 17.3. The summed E-state index contributed by atoms with van der Waals surface area (Å²) in [5, 5.41) is 5.84. The molecule has 1 atom stereocenters.